The number of carbonyl (C=O) groups excluding carboxylic acids is 1. The largest absolute Gasteiger partial charge is 0.333 e. The second kappa shape index (κ2) is 8.45. The van der Waals surface area contributed by atoms with E-state index >= 15 is 0 Å². The lowest BCUT2D eigenvalue weighted by Crippen LogP contribution is -2.34. The van der Waals surface area contributed by atoms with Crippen molar-refractivity contribution in [3.05, 3.63) is 58.6 Å². The number of sulfonamides is 1. The molecule has 1 atom stereocenters. The Labute approximate surface area is 181 Å². The van der Waals surface area contributed by atoms with Gasteiger partial charge in [-0.1, -0.05) is 29.8 Å². The third-order valence-electron chi connectivity index (χ3n) is 5.42. The van der Waals surface area contributed by atoms with Gasteiger partial charge in [-0.3, -0.25) is 4.79 Å². The third-order valence-corrected chi connectivity index (χ3v) is 8.18. The van der Waals surface area contributed by atoms with Crippen LogP contribution in [0.5, 0.6) is 0 Å². The molecule has 4 rings (SSSR count). The zero-order valence-electron chi connectivity index (χ0n) is 17.1. The average Bonchev–Trinajstić information content (AvgIpc) is 3.34. The van der Waals surface area contributed by atoms with Gasteiger partial charge in [-0.15, -0.1) is 11.3 Å². The second-order valence-corrected chi connectivity index (χ2v) is 10.5. The molecule has 2 aromatic carbocycles. The van der Waals surface area contributed by atoms with E-state index in [2.05, 4.69) is 4.72 Å². The fourth-order valence-corrected chi connectivity index (χ4v) is 6.34. The van der Waals surface area contributed by atoms with Gasteiger partial charge in [0.05, 0.1) is 21.2 Å². The first-order chi connectivity index (χ1) is 14.3. The average molecular weight is 444 g/mol. The normalized spacial score (nSPS) is 17.0. The third kappa shape index (κ3) is 4.26. The summed E-state index contributed by atoms with van der Waals surface area (Å²) in [5, 5.41) is 0.956. The second-order valence-electron chi connectivity index (χ2n) is 7.68. The minimum absolute atomic E-state index is 0.0224. The van der Waals surface area contributed by atoms with Crippen LogP contribution in [-0.2, 0) is 14.8 Å². The summed E-state index contributed by atoms with van der Waals surface area (Å²) < 4.78 is 28.9. The Morgan fingerprint density at radius 1 is 1.23 bits per heavy atom. The van der Waals surface area contributed by atoms with Gasteiger partial charge >= 0.3 is 0 Å². The fraction of sp³-hybridized carbons (Fsp3) is 0.364. The van der Waals surface area contributed by atoms with Crippen molar-refractivity contribution in [3.8, 4) is 0 Å². The predicted molar refractivity (Wildman–Crippen MR) is 119 cm³/mol. The Balaban J connectivity index is 1.40. The first-order valence-electron chi connectivity index (χ1n) is 10.1. The fourth-order valence-electron chi connectivity index (χ4n) is 3.97. The summed E-state index contributed by atoms with van der Waals surface area (Å²) in [5.74, 6) is -0.0416. The maximum Gasteiger partial charge on any atom is 0.240 e. The molecule has 0 unspecified atom stereocenters. The van der Waals surface area contributed by atoms with Gasteiger partial charge in [-0.2, -0.15) is 0 Å². The van der Waals surface area contributed by atoms with Gasteiger partial charge in [0, 0.05) is 19.5 Å². The molecule has 6 nitrogen and oxygen atoms in total. The highest BCUT2D eigenvalue weighted by atomic mass is 32.2. The van der Waals surface area contributed by atoms with Gasteiger partial charge in [0.25, 0.3) is 0 Å². The Kier molecular flexibility index (Phi) is 5.90. The van der Waals surface area contributed by atoms with Gasteiger partial charge in [-0.05, 0) is 50.5 Å². The molecular formula is C22H25N3O3S2. The zero-order chi connectivity index (χ0) is 21.3. The minimum Gasteiger partial charge on any atom is -0.333 e. The van der Waals surface area contributed by atoms with Crippen molar-refractivity contribution in [2.24, 2.45) is 0 Å². The molecule has 1 saturated heterocycles. The number of rotatable bonds is 6. The number of aromatic nitrogens is 1. The minimum atomic E-state index is -3.64. The number of hydrogen-bond donors (Lipinski definition) is 1. The van der Waals surface area contributed by atoms with Crippen LogP contribution in [-0.4, -0.2) is 37.3 Å². The van der Waals surface area contributed by atoms with Crippen molar-refractivity contribution < 1.29 is 13.2 Å². The number of aryl methyl sites for hydroxylation is 2. The van der Waals surface area contributed by atoms with E-state index in [9.17, 15) is 13.2 Å². The molecule has 0 radical (unpaired) electrons. The maximum absolute atomic E-state index is 12.8. The maximum atomic E-state index is 12.8. The number of benzene rings is 2. The van der Waals surface area contributed by atoms with Crippen LogP contribution in [0.4, 0.5) is 0 Å². The van der Waals surface area contributed by atoms with E-state index in [4.69, 9.17) is 4.98 Å². The summed E-state index contributed by atoms with van der Waals surface area (Å²) in [6.45, 7) is 4.47. The molecule has 0 saturated carbocycles. The Hall–Kier alpha value is -2.29. The summed E-state index contributed by atoms with van der Waals surface area (Å²) in [6.07, 6.45) is 1.95. The van der Waals surface area contributed by atoms with Crippen LogP contribution >= 0.6 is 11.3 Å². The van der Waals surface area contributed by atoms with Gasteiger partial charge < -0.3 is 4.90 Å². The van der Waals surface area contributed by atoms with E-state index in [1.54, 1.807) is 30.4 Å². The van der Waals surface area contributed by atoms with Crippen LogP contribution in [0, 0.1) is 13.8 Å². The summed E-state index contributed by atoms with van der Waals surface area (Å²) in [5.41, 5.74) is 2.67. The van der Waals surface area contributed by atoms with Gasteiger partial charge in [0.15, 0.2) is 0 Å². The van der Waals surface area contributed by atoms with E-state index in [0.29, 0.717) is 12.1 Å². The Bertz CT molecular complexity index is 1150. The highest BCUT2D eigenvalue weighted by Crippen LogP contribution is 2.36. The Morgan fingerprint density at radius 2 is 2.03 bits per heavy atom. The van der Waals surface area contributed by atoms with Crippen LogP contribution in [0.25, 0.3) is 10.2 Å². The first-order valence-corrected chi connectivity index (χ1v) is 12.4. The van der Waals surface area contributed by atoms with E-state index in [1.807, 2.05) is 42.2 Å². The molecule has 1 aliphatic heterocycles. The number of nitrogens with one attached hydrogen (secondary N) is 1. The molecule has 0 bridgehead atoms. The number of hydrogen-bond acceptors (Lipinski definition) is 5. The van der Waals surface area contributed by atoms with Crippen molar-refractivity contribution in [1.29, 1.82) is 0 Å². The SMILES string of the molecule is Cc1ccc(S(=O)(=O)NCCC(=O)N2CCC[C@@H]2c2nc3ccccc3s2)c(C)c1. The lowest BCUT2D eigenvalue weighted by atomic mass is 10.2. The molecule has 2 heterocycles. The number of amides is 1. The smallest absolute Gasteiger partial charge is 0.240 e. The Morgan fingerprint density at radius 3 is 2.80 bits per heavy atom. The van der Waals surface area contributed by atoms with Crippen LogP contribution in [0.3, 0.4) is 0 Å². The van der Waals surface area contributed by atoms with E-state index in [0.717, 1.165) is 33.6 Å². The highest BCUT2D eigenvalue weighted by Gasteiger charge is 2.32. The van der Waals surface area contributed by atoms with Crippen molar-refractivity contribution in [3.63, 3.8) is 0 Å². The van der Waals surface area contributed by atoms with Crippen LogP contribution in [0.1, 0.15) is 41.4 Å². The summed E-state index contributed by atoms with van der Waals surface area (Å²) in [6, 6.07) is 13.2. The molecular weight excluding hydrogens is 418 g/mol. The lowest BCUT2D eigenvalue weighted by Gasteiger charge is -2.23. The lowest BCUT2D eigenvalue weighted by molar-refractivity contribution is -0.131. The number of thiazole rings is 1. The molecule has 0 aliphatic carbocycles. The quantitative estimate of drug-likeness (QED) is 0.626. The predicted octanol–water partition coefficient (Wildman–Crippen LogP) is 3.95. The van der Waals surface area contributed by atoms with Crippen LogP contribution in [0.15, 0.2) is 47.4 Å². The summed E-state index contributed by atoms with van der Waals surface area (Å²) in [7, 11) is -3.64. The molecule has 1 fully saturated rings. The number of carbonyl (C=O) groups is 1. The van der Waals surface area contributed by atoms with Gasteiger partial charge in [-0.25, -0.2) is 18.1 Å². The highest BCUT2D eigenvalue weighted by molar-refractivity contribution is 7.89. The molecule has 3 aromatic rings. The summed E-state index contributed by atoms with van der Waals surface area (Å²) in [4.78, 5) is 19.7. The van der Waals surface area contributed by atoms with Crippen LogP contribution in [0.2, 0.25) is 0 Å². The van der Waals surface area contributed by atoms with Crippen LogP contribution < -0.4 is 4.72 Å². The molecule has 0 spiro atoms. The first kappa shape index (κ1) is 21.0. The van der Waals surface area contributed by atoms with E-state index in [-0.39, 0.29) is 29.8 Å². The number of nitrogens with zero attached hydrogens (tertiary/aromatic N) is 2. The molecule has 8 heteroatoms. The van der Waals surface area contributed by atoms with E-state index < -0.39 is 10.0 Å². The van der Waals surface area contributed by atoms with Gasteiger partial charge in [0.2, 0.25) is 15.9 Å². The molecule has 158 valence electrons. The molecule has 1 amide bonds. The summed E-state index contributed by atoms with van der Waals surface area (Å²) >= 11 is 1.63. The molecule has 1 aliphatic rings. The molecule has 30 heavy (non-hydrogen) atoms. The van der Waals surface area contributed by atoms with E-state index in [1.165, 1.54) is 0 Å². The molecule has 1 N–H and O–H groups in total. The topological polar surface area (TPSA) is 79.4 Å². The van der Waals surface area contributed by atoms with Crippen molar-refractivity contribution >= 4 is 37.5 Å². The van der Waals surface area contributed by atoms with Gasteiger partial charge in [0.1, 0.15) is 5.01 Å². The standard InChI is InChI=1S/C22H25N3O3S2/c1-15-9-10-20(16(2)14-15)30(27,28)23-12-11-21(26)25-13-5-7-18(25)22-24-17-6-3-4-8-19(17)29-22/h3-4,6,8-10,14,18,23H,5,7,11-13H2,1-2H3/t18-/m1/s1. The van der Waals surface area contributed by atoms with Crippen molar-refractivity contribution in [1.82, 2.24) is 14.6 Å². The number of para-hydroxylation sites is 1. The number of likely N-dealkylation sites (tertiary alicyclic amines) is 1. The number of fused-ring (bicyclic) bond motifs is 1. The monoisotopic (exact) mass is 443 g/mol. The molecule has 1 aromatic heterocycles. The van der Waals surface area contributed by atoms with Crippen molar-refractivity contribution in [2.75, 3.05) is 13.1 Å². The zero-order valence-corrected chi connectivity index (χ0v) is 18.7. The van der Waals surface area contributed by atoms with Crippen molar-refractivity contribution in [2.45, 2.75) is 44.0 Å².